The maximum Gasteiger partial charge on any atom is 1.20 e. The first-order chi connectivity index (χ1) is 9.38. The maximum atomic E-state index is 10.4. The molecule has 22 heavy (non-hydrogen) atoms. The Morgan fingerprint density at radius 3 is 0.864 bits per heavy atom. The molecule has 0 aliphatic rings. The second-order valence-corrected chi connectivity index (χ2v) is 4.44. The van der Waals surface area contributed by atoms with E-state index < -0.39 is 45.0 Å². The molecular weight excluding hydrogens is 363 g/mol. The largest absolute Gasteiger partial charge is 1.20 e. The summed E-state index contributed by atoms with van der Waals surface area (Å²) in [6.45, 7) is 5.56. The van der Waals surface area contributed by atoms with Crippen LogP contribution >= 0.6 is 0 Å². The number of aliphatic carboxylic acids is 2. The van der Waals surface area contributed by atoms with E-state index in [2.05, 4.69) is 11.4 Å². The summed E-state index contributed by atoms with van der Waals surface area (Å²) in [5.41, 5.74) is 0. The van der Waals surface area contributed by atoms with Gasteiger partial charge in [0.15, 0.2) is 0 Å². The van der Waals surface area contributed by atoms with Gasteiger partial charge in [0.2, 0.25) is 0 Å². The molecule has 0 aromatic rings. The molecule has 0 spiro atoms. The van der Waals surface area contributed by atoms with Crippen LogP contribution in [-0.4, -0.2) is 55.2 Å². The predicted molar refractivity (Wildman–Crippen MR) is 67.7 cm³/mol. The SMILES string of the molecule is CC(=O)O.CC(=O)O.CC(=O)[O][Al]([O]C(C)=O)[O]C(C)=O.[Fe]. The first-order valence-corrected chi connectivity index (χ1v) is 6.70. The van der Waals surface area contributed by atoms with Crippen LogP contribution in [0.3, 0.4) is 0 Å². The van der Waals surface area contributed by atoms with Gasteiger partial charge in [0.1, 0.15) is 0 Å². The Labute approximate surface area is 142 Å². The zero-order chi connectivity index (χ0) is 17.6. The number of rotatable bonds is 3. The van der Waals surface area contributed by atoms with Crippen molar-refractivity contribution in [2.24, 2.45) is 0 Å². The summed E-state index contributed by atoms with van der Waals surface area (Å²) in [5, 5.41) is 14.8. The van der Waals surface area contributed by atoms with Gasteiger partial charge >= 0.3 is 15.1 Å². The predicted octanol–water partition coefficient (Wildman–Crippen LogP) is -0.160. The van der Waals surface area contributed by atoms with E-state index in [-0.39, 0.29) is 17.1 Å². The summed E-state index contributed by atoms with van der Waals surface area (Å²) in [4.78, 5) is 49.3. The van der Waals surface area contributed by atoms with Gasteiger partial charge in [0, 0.05) is 51.7 Å². The molecule has 0 aliphatic carbocycles. The molecule has 10 nitrogen and oxygen atoms in total. The van der Waals surface area contributed by atoms with E-state index in [0.717, 1.165) is 34.6 Å². The van der Waals surface area contributed by atoms with E-state index in [4.69, 9.17) is 19.8 Å². The average molecular weight is 380 g/mol. The van der Waals surface area contributed by atoms with Crippen molar-refractivity contribution in [1.29, 1.82) is 0 Å². The van der Waals surface area contributed by atoms with Gasteiger partial charge in [-0.3, -0.25) is 24.0 Å². The van der Waals surface area contributed by atoms with Crippen LogP contribution in [0.15, 0.2) is 0 Å². The number of carboxylic acid groups (broad SMARTS) is 2. The average Bonchev–Trinajstić information content (AvgIpc) is 2.10. The fourth-order valence-electron chi connectivity index (χ4n) is 0.479. The van der Waals surface area contributed by atoms with E-state index in [0.29, 0.717) is 0 Å². The molecule has 0 aliphatic heterocycles. The van der Waals surface area contributed by atoms with Crippen LogP contribution in [0.1, 0.15) is 34.6 Å². The van der Waals surface area contributed by atoms with Crippen molar-refractivity contribution >= 4 is 45.0 Å². The van der Waals surface area contributed by atoms with Crippen molar-refractivity contribution in [3.8, 4) is 0 Å². The number of hydrogen-bond acceptors (Lipinski definition) is 8. The molecular formula is C10H17AlFeO10. The van der Waals surface area contributed by atoms with Crippen LogP contribution in [0.5, 0.6) is 0 Å². The van der Waals surface area contributed by atoms with Gasteiger partial charge in [-0.25, -0.2) is 0 Å². The summed E-state index contributed by atoms with van der Waals surface area (Å²) >= 11 is -2.96. The van der Waals surface area contributed by atoms with Crippen LogP contribution in [0.25, 0.3) is 0 Å². The van der Waals surface area contributed by atoms with Crippen molar-refractivity contribution in [3.05, 3.63) is 0 Å². The van der Waals surface area contributed by atoms with E-state index in [9.17, 15) is 14.4 Å². The third kappa shape index (κ3) is 51.5. The molecule has 2 N–H and O–H groups in total. The van der Waals surface area contributed by atoms with Crippen molar-refractivity contribution in [2.45, 2.75) is 34.6 Å². The molecule has 128 valence electrons. The van der Waals surface area contributed by atoms with Crippen LogP contribution in [-0.2, 0) is 52.4 Å². The molecule has 12 heteroatoms. The summed E-state index contributed by atoms with van der Waals surface area (Å²) in [6, 6.07) is 0. The summed E-state index contributed by atoms with van der Waals surface area (Å²) in [5.74, 6) is -3.63. The van der Waals surface area contributed by atoms with Crippen LogP contribution < -0.4 is 0 Å². The van der Waals surface area contributed by atoms with Gasteiger partial charge in [-0.15, -0.1) is 0 Å². The number of hydrogen-bond donors (Lipinski definition) is 2. The van der Waals surface area contributed by atoms with Crippen LogP contribution in [0.4, 0.5) is 0 Å². The van der Waals surface area contributed by atoms with Gasteiger partial charge in [0.25, 0.3) is 29.8 Å². The Kier molecular flexibility index (Phi) is 22.6. The first-order valence-electron chi connectivity index (χ1n) is 5.29. The minimum absolute atomic E-state index is 0. The number of carbonyl (C=O) groups excluding carboxylic acids is 3. The molecule has 0 atom stereocenters. The van der Waals surface area contributed by atoms with Crippen molar-refractivity contribution in [3.63, 3.8) is 0 Å². The van der Waals surface area contributed by atoms with Crippen molar-refractivity contribution < 1.29 is 62.6 Å². The Balaban J connectivity index is -0.000000150. The Morgan fingerprint density at radius 1 is 0.636 bits per heavy atom. The van der Waals surface area contributed by atoms with Gasteiger partial charge in [-0.1, -0.05) is 0 Å². The van der Waals surface area contributed by atoms with Gasteiger partial charge in [-0.2, -0.15) is 0 Å². The standard InChI is InChI=1S/5C2H4O2.Al.Fe/c5*1-2(3)4;;/h5*1H3,(H,3,4);;/q;;;;;+3;/p-3. The fraction of sp³-hybridized carbons (Fsp3) is 0.500. The molecule has 0 unspecified atom stereocenters. The van der Waals surface area contributed by atoms with E-state index >= 15 is 0 Å². The third-order valence-corrected chi connectivity index (χ3v) is 2.36. The maximum absolute atomic E-state index is 10.4. The molecule has 0 fully saturated rings. The molecule has 0 rings (SSSR count). The molecule has 0 heterocycles. The van der Waals surface area contributed by atoms with Crippen molar-refractivity contribution in [1.82, 2.24) is 0 Å². The zero-order valence-corrected chi connectivity index (χ0v) is 14.9. The Morgan fingerprint density at radius 2 is 0.773 bits per heavy atom. The quantitative estimate of drug-likeness (QED) is 0.631. The topological polar surface area (TPSA) is 153 Å². The molecule has 0 saturated heterocycles. The molecule has 0 aromatic carbocycles. The fourth-order valence-corrected chi connectivity index (χ4v) is 1.44. The van der Waals surface area contributed by atoms with E-state index in [1.54, 1.807) is 0 Å². The summed E-state index contributed by atoms with van der Waals surface area (Å²) in [7, 11) is 0. The second-order valence-electron chi connectivity index (χ2n) is 3.16. The van der Waals surface area contributed by atoms with Gasteiger partial charge in [0.05, 0.1) is 0 Å². The molecule has 0 saturated carbocycles. The van der Waals surface area contributed by atoms with Crippen molar-refractivity contribution in [2.75, 3.05) is 0 Å². The van der Waals surface area contributed by atoms with E-state index in [1.807, 2.05) is 0 Å². The van der Waals surface area contributed by atoms with Gasteiger partial charge in [-0.05, 0) is 0 Å². The molecule has 0 radical (unpaired) electrons. The summed E-state index contributed by atoms with van der Waals surface area (Å²) in [6.07, 6.45) is 0. The van der Waals surface area contributed by atoms with E-state index in [1.165, 1.54) is 0 Å². The number of carbonyl (C=O) groups is 5. The van der Waals surface area contributed by atoms with Crippen LogP contribution in [0.2, 0.25) is 0 Å². The Bertz CT molecular complexity index is 326. The monoisotopic (exact) mass is 380 g/mol. The smallest absolute Gasteiger partial charge is 0.551 e. The normalized spacial score (nSPS) is 7.32. The Hall–Kier alpha value is -1.60. The number of carboxylic acids is 2. The second kappa shape index (κ2) is 17.5. The summed E-state index contributed by atoms with van der Waals surface area (Å²) < 4.78 is 13.5. The minimum atomic E-state index is -2.96. The van der Waals surface area contributed by atoms with Gasteiger partial charge < -0.3 is 21.6 Å². The zero-order valence-electron chi connectivity index (χ0n) is 12.6. The third-order valence-electron chi connectivity index (χ3n) is 0.787. The molecule has 0 aromatic heterocycles. The molecule has 0 bridgehead atoms. The first kappa shape index (κ1) is 28.5. The minimum Gasteiger partial charge on any atom is -0.551 e. The molecule has 0 amide bonds. The van der Waals surface area contributed by atoms with Crippen LogP contribution in [0, 0.1) is 0 Å².